The minimum atomic E-state index is -3.59. The third-order valence-corrected chi connectivity index (χ3v) is 7.32. The van der Waals surface area contributed by atoms with Crippen molar-refractivity contribution in [2.45, 2.75) is 56.4 Å². The van der Waals surface area contributed by atoms with Gasteiger partial charge in [0.15, 0.2) is 13.6 Å². The summed E-state index contributed by atoms with van der Waals surface area (Å²) in [6, 6.07) is 14.0. The van der Waals surface area contributed by atoms with E-state index in [1.165, 1.54) is 0 Å². The smallest absolute Gasteiger partial charge is 0.264 e. The molecule has 3 rings (SSSR count). The van der Waals surface area contributed by atoms with Crippen LogP contribution in [0.3, 0.4) is 0 Å². The number of benzene rings is 2. The summed E-state index contributed by atoms with van der Waals surface area (Å²) in [5, 5.41) is 0. The molecule has 0 fully saturated rings. The average Bonchev–Trinajstić information content (AvgIpc) is 2.81. The average molecular weight is 527 g/mol. The predicted molar refractivity (Wildman–Crippen MR) is 140 cm³/mol. The Morgan fingerprint density at radius 3 is 2.09 bits per heavy atom. The van der Waals surface area contributed by atoms with Crippen molar-refractivity contribution in [2.24, 2.45) is 0 Å². The molecule has 1 aliphatic rings. The largest absolute Gasteiger partial charge is 0.468 e. The van der Waals surface area contributed by atoms with E-state index in [4.69, 9.17) is 23.1 Å². The second-order valence-electron chi connectivity index (χ2n) is 8.65. The SMILES string of the molecule is CC.COCOc1ccc(C2CSc3cc(OCOC)ccc3C2CC(C)(C)OS(C)(=O)=O)cc1. The van der Waals surface area contributed by atoms with Crippen molar-refractivity contribution in [3.8, 4) is 11.5 Å². The number of rotatable bonds is 11. The van der Waals surface area contributed by atoms with Gasteiger partial charge in [0.05, 0.1) is 11.9 Å². The first-order valence-electron chi connectivity index (χ1n) is 11.6. The highest BCUT2D eigenvalue weighted by atomic mass is 32.2. The Kier molecular flexibility index (Phi) is 11.4. The van der Waals surface area contributed by atoms with Crippen LogP contribution in [-0.2, 0) is 23.8 Å². The molecule has 0 radical (unpaired) electrons. The fourth-order valence-corrected chi connectivity index (χ4v) is 6.42. The van der Waals surface area contributed by atoms with Gasteiger partial charge in [-0.1, -0.05) is 32.0 Å². The molecule has 0 saturated heterocycles. The van der Waals surface area contributed by atoms with E-state index < -0.39 is 15.7 Å². The molecular weight excluding hydrogens is 488 g/mol. The maximum Gasteiger partial charge on any atom is 0.264 e. The van der Waals surface area contributed by atoms with Gasteiger partial charge in [-0.25, -0.2) is 0 Å². The topological polar surface area (TPSA) is 80.3 Å². The van der Waals surface area contributed by atoms with E-state index in [1.807, 2.05) is 52.0 Å². The lowest BCUT2D eigenvalue weighted by molar-refractivity contribution is 0.0508. The van der Waals surface area contributed by atoms with Crippen molar-refractivity contribution in [2.75, 3.05) is 39.8 Å². The fraction of sp³-hybridized carbons (Fsp3) is 0.538. The zero-order valence-corrected chi connectivity index (χ0v) is 23.3. The molecule has 0 N–H and O–H groups in total. The molecule has 9 heteroatoms. The molecule has 0 aliphatic carbocycles. The van der Waals surface area contributed by atoms with Crippen LogP contribution in [0.25, 0.3) is 0 Å². The van der Waals surface area contributed by atoms with Gasteiger partial charge in [-0.3, -0.25) is 4.18 Å². The molecule has 35 heavy (non-hydrogen) atoms. The molecule has 0 saturated carbocycles. The van der Waals surface area contributed by atoms with Crippen LogP contribution in [0.1, 0.15) is 57.1 Å². The normalized spacial score (nSPS) is 17.7. The summed E-state index contributed by atoms with van der Waals surface area (Å²) in [6.07, 6.45) is 1.63. The van der Waals surface area contributed by atoms with E-state index in [1.54, 1.807) is 26.0 Å². The van der Waals surface area contributed by atoms with Crippen molar-refractivity contribution >= 4 is 21.9 Å². The summed E-state index contributed by atoms with van der Waals surface area (Å²) >= 11 is 1.77. The van der Waals surface area contributed by atoms with Gasteiger partial charge in [0, 0.05) is 30.8 Å². The molecule has 2 unspecified atom stereocenters. The van der Waals surface area contributed by atoms with Gasteiger partial charge >= 0.3 is 0 Å². The molecule has 1 heterocycles. The summed E-state index contributed by atoms with van der Waals surface area (Å²) in [5.74, 6) is 2.55. The van der Waals surface area contributed by atoms with Gasteiger partial charge in [-0.2, -0.15) is 8.42 Å². The minimum Gasteiger partial charge on any atom is -0.468 e. The van der Waals surface area contributed by atoms with Crippen LogP contribution in [0.15, 0.2) is 47.4 Å². The van der Waals surface area contributed by atoms with Crippen LogP contribution in [0.5, 0.6) is 11.5 Å². The zero-order valence-electron chi connectivity index (χ0n) is 21.7. The Morgan fingerprint density at radius 1 is 0.943 bits per heavy atom. The molecule has 196 valence electrons. The zero-order chi connectivity index (χ0) is 26.1. The second kappa shape index (κ2) is 13.5. The number of fused-ring (bicyclic) bond motifs is 1. The molecule has 7 nitrogen and oxygen atoms in total. The number of hydrogen-bond acceptors (Lipinski definition) is 8. The Bertz CT molecular complexity index is 1020. The van der Waals surface area contributed by atoms with Crippen LogP contribution < -0.4 is 9.47 Å². The lowest BCUT2D eigenvalue weighted by Crippen LogP contribution is -2.33. The third kappa shape index (κ3) is 8.99. The van der Waals surface area contributed by atoms with E-state index in [2.05, 4.69) is 18.2 Å². The number of methoxy groups -OCH3 is 2. The lowest BCUT2D eigenvalue weighted by Gasteiger charge is -2.38. The molecule has 2 aromatic carbocycles. The number of hydrogen-bond donors (Lipinski definition) is 0. The van der Waals surface area contributed by atoms with Gasteiger partial charge in [-0.05, 0) is 61.6 Å². The second-order valence-corrected chi connectivity index (χ2v) is 11.3. The fourth-order valence-electron chi connectivity index (χ4n) is 4.17. The highest BCUT2D eigenvalue weighted by molar-refractivity contribution is 7.99. The standard InChI is InChI=1S/C24H32O7S2.C2H6/c1-24(2,31-33(5,25)26)13-21-20-11-10-19(30-16-28-4)12-23(20)32-14-22(21)17-6-8-18(9-7-17)29-15-27-3;1-2/h6-12,21-22H,13-16H2,1-5H3;1-2H3. The van der Waals surface area contributed by atoms with Crippen molar-refractivity contribution in [3.05, 3.63) is 53.6 Å². The van der Waals surface area contributed by atoms with Crippen LogP contribution in [-0.4, -0.2) is 53.8 Å². The van der Waals surface area contributed by atoms with Crippen molar-refractivity contribution in [3.63, 3.8) is 0 Å². The Labute approximate surface area is 214 Å². The van der Waals surface area contributed by atoms with Crippen LogP contribution >= 0.6 is 11.8 Å². The van der Waals surface area contributed by atoms with Gasteiger partial charge in [0.2, 0.25) is 0 Å². The van der Waals surface area contributed by atoms with Gasteiger partial charge in [0.25, 0.3) is 10.1 Å². The highest BCUT2D eigenvalue weighted by Crippen LogP contribution is 2.50. The maximum absolute atomic E-state index is 11.9. The number of thioether (sulfide) groups is 1. The van der Waals surface area contributed by atoms with Gasteiger partial charge < -0.3 is 18.9 Å². The molecule has 0 bridgehead atoms. The van der Waals surface area contributed by atoms with Crippen molar-refractivity contribution in [1.29, 1.82) is 0 Å². The minimum absolute atomic E-state index is 0.0558. The van der Waals surface area contributed by atoms with Crippen LogP contribution in [0.2, 0.25) is 0 Å². The summed E-state index contributed by atoms with van der Waals surface area (Å²) in [7, 11) is -0.419. The van der Waals surface area contributed by atoms with Gasteiger partial charge in [0.1, 0.15) is 11.5 Å². The predicted octanol–water partition coefficient (Wildman–Crippen LogP) is 5.80. The van der Waals surface area contributed by atoms with Gasteiger partial charge in [-0.15, -0.1) is 11.8 Å². The Balaban J connectivity index is 0.00000210. The van der Waals surface area contributed by atoms with E-state index in [0.717, 1.165) is 39.5 Å². The van der Waals surface area contributed by atoms with E-state index in [0.29, 0.717) is 6.42 Å². The molecule has 0 spiro atoms. The van der Waals surface area contributed by atoms with Crippen molar-refractivity contribution in [1.82, 2.24) is 0 Å². The summed E-state index contributed by atoms with van der Waals surface area (Å²) < 4.78 is 50.3. The van der Waals surface area contributed by atoms with E-state index in [-0.39, 0.29) is 25.4 Å². The Hall–Kier alpha value is -1.78. The van der Waals surface area contributed by atoms with E-state index in [9.17, 15) is 8.42 Å². The van der Waals surface area contributed by atoms with Crippen molar-refractivity contribution < 1.29 is 31.5 Å². The van der Waals surface area contributed by atoms with E-state index >= 15 is 0 Å². The molecular formula is C26H38O7S2. The lowest BCUT2D eigenvalue weighted by atomic mass is 9.76. The van der Waals surface area contributed by atoms with Crippen LogP contribution in [0, 0.1) is 0 Å². The summed E-state index contributed by atoms with van der Waals surface area (Å²) in [6.45, 7) is 8.02. The maximum atomic E-state index is 11.9. The monoisotopic (exact) mass is 526 g/mol. The molecule has 1 aliphatic heterocycles. The Morgan fingerprint density at radius 2 is 1.51 bits per heavy atom. The number of ether oxygens (including phenoxy) is 4. The highest BCUT2D eigenvalue weighted by Gasteiger charge is 2.37. The molecule has 2 atom stereocenters. The summed E-state index contributed by atoms with van der Waals surface area (Å²) in [4.78, 5) is 1.13. The first-order valence-corrected chi connectivity index (χ1v) is 14.4. The summed E-state index contributed by atoms with van der Waals surface area (Å²) in [5.41, 5.74) is 1.46. The first-order chi connectivity index (χ1) is 16.6. The third-order valence-electron chi connectivity index (χ3n) is 5.37. The van der Waals surface area contributed by atoms with Crippen LogP contribution in [0.4, 0.5) is 0 Å². The first kappa shape index (κ1) is 29.5. The molecule has 2 aromatic rings. The quantitative estimate of drug-likeness (QED) is 0.269. The molecule has 0 amide bonds. The molecule has 0 aromatic heterocycles.